The predicted octanol–water partition coefficient (Wildman–Crippen LogP) is 3.47. The van der Waals surface area contributed by atoms with E-state index in [0.29, 0.717) is 4.88 Å². The third-order valence-electron chi connectivity index (χ3n) is 3.82. The second kappa shape index (κ2) is 4.08. The molecule has 1 atom stereocenters. The van der Waals surface area contributed by atoms with Gasteiger partial charge in [-0.25, -0.2) is 0 Å². The number of thiophene rings is 1. The second-order valence-electron chi connectivity index (χ2n) is 6.95. The Morgan fingerprint density at radius 3 is 2.37 bits per heavy atom. The van der Waals surface area contributed by atoms with Crippen molar-refractivity contribution in [1.82, 2.24) is 5.32 Å². The van der Waals surface area contributed by atoms with Crippen LogP contribution in [0, 0.1) is 16.7 Å². The average Bonchev–Trinajstić information content (AvgIpc) is 2.68. The van der Waals surface area contributed by atoms with Gasteiger partial charge in [-0.15, -0.1) is 11.3 Å². The third kappa shape index (κ3) is 2.40. The predicted molar refractivity (Wildman–Crippen MR) is 77.2 cm³/mol. The van der Waals surface area contributed by atoms with Crippen molar-refractivity contribution in [3.8, 4) is 6.07 Å². The maximum absolute atomic E-state index is 12.2. The average molecular weight is 276 g/mol. The Morgan fingerprint density at radius 1 is 1.42 bits per heavy atom. The van der Waals surface area contributed by atoms with Crippen LogP contribution in [-0.2, 0) is 5.41 Å². The van der Waals surface area contributed by atoms with Crippen LogP contribution in [0.4, 0.5) is 0 Å². The van der Waals surface area contributed by atoms with Crippen molar-refractivity contribution in [2.24, 2.45) is 5.41 Å². The van der Waals surface area contributed by atoms with Crippen molar-refractivity contribution < 1.29 is 4.79 Å². The molecule has 1 saturated carbocycles. The molecular formula is C15H20N2OS. The number of rotatable bonds is 2. The van der Waals surface area contributed by atoms with Crippen molar-refractivity contribution in [3.05, 3.63) is 21.9 Å². The molecule has 1 fully saturated rings. The van der Waals surface area contributed by atoms with Gasteiger partial charge in [0.15, 0.2) is 0 Å². The van der Waals surface area contributed by atoms with Crippen molar-refractivity contribution in [2.45, 2.75) is 52.0 Å². The Hall–Kier alpha value is -1.34. The van der Waals surface area contributed by atoms with Gasteiger partial charge in [-0.1, -0.05) is 34.6 Å². The molecule has 0 radical (unpaired) electrons. The summed E-state index contributed by atoms with van der Waals surface area (Å²) in [5, 5.41) is 12.2. The highest BCUT2D eigenvalue weighted by Crippen LogP contribution is 2.55. The summed E-state index contributed by atoms with van der Waals surface area (Å²) in [4.78, 5) is 14.1. The molecule has 0 bridgehead atoms. The van der Waals surface area contributed by atoms with Crippen LogP contribution in [0.2, 0.25) is 0 Å². The molecular weight excluding hydrogens is 256 g/mol. The number of carbonyl (C=O) groups excluding carboxylic acids is 1. The fourth-order valence-corrected chi connectivity index (χ4v) is 3.13. The first-order chi connectivity index (χ1) is 8.61. The molecule has 0 saturated heterocycles. The molecule has 1 aromatic rings. The summed E-state index contributed by atoms with van der Waals surface area (Å²) in [6.45, 7) is 10.4. The molecule has 1 aliphatic carbocycles. The Balaban J connectivity index is 2.15. The van der Waals surface area contributed by atoms with Gasteiger partial charge in [0, 0.05) is 10.3 Å². The van der Waals surface area contributed by atoms with E-state index < -0.39 is 5.54 Å². The van der Waals surface area contributed by atoms with E-state index in [2.05, 4.69) is 32.2 Å². The van der Waals surface area contributed by atoms with Crippen molar-refractivity contribution >= 4 is 17.2 Å². The van der Waals surface area contributed by atoms with Crippen LogP contribution in [0.1, 0.15) is 55.6 Å². The number of carbonyl (C=O) groups is 1. The Kier molecular flexibility index (Phi) is 3.02. The summed E-state index contributed by atoms with van der Waals surface area (Å²) in [5.74, 6) is -0.132. The first-order valence-corrected chi connectivity index (χ1v) is 7.27. The molecule has 3 nitrogen and oxygen atoms in total. The number of nitrogens with zero attached hydrogens (tertiary/aromatic N) is 1. The molecule has 102 valence electrons. The van der Waals surface area contributed by atoms with E-state index >= 15 is 0 Å². The lowest BCUT2D eigenvalue weighted by Gasteiger charge is -2.16. The number of hydrogen-bond acceptors (Lipinski definition) is 3. The maximum Gasteiger partial charge on any atom is 0.262 e. The highest BCUT2D eigenvalue weighted by Gasteiger charge is 2.63. The van der Waals surface area contributed by atoms with Crippen molar-refractivity contribution in [2.75, 3.05) is 0 Å². The number of nitriles is 1. The van der Waals surface area contributed by atoms with Gasteiger partial charge in [0.25, 0.3) is 5.91 Å². The molecule has 2 rings (SSSR count). The van der Waals surface area contributed by atoms with Gasteiger partial charge >= 0.3 is 0 Å². The first kappa shape index (κ1) is 14.1. The largest absolute Gasteiger partial charge is 0.333 e. The Labute approximate surface area is 118 Å². The van der Waals surface area contributed by atoms with Crippen LogP contribution in [0.25, 0.3) is 0 Å². The second-order valence-corrected chi connectivity index (χ2v) is 8.03. The molecule has 0 aliphatic heterocycles. The standard InChI is InChI=1S/C15H20N2OS/c1-13(2,3)11-7-6-10(19-11)12(18)17-15(9-16)8-14(15,4)5/h6-7H,8H2,1-5H3,(H,17,18). The quantitative estimate of drug-likeness (QED) is 0.899. The van der Waals surface area contributed by atoms with Gasteiger partial charge < -0.3 is 5.32 Å². The minimum atomic E-state index is -0.685. The lowest BCUT2D eigenvalue weighted by molar-refractivity contribution is 0.0938. The van der Waals surface area contributed by atoms with E-state index in [9.17, 15) is 10.1 Å². The number of amides is 1. The molecule has 0 aromatic carbocycles. The molecule has 1 N–H and O–H groups in total. The topological polar surface area (TPSA) is 52.9 Å². The molecule has 1 aromatic heterocycles. The van der Waals surface area contributed by atoms with Gasteiger partial charge in [-0.3, -0.25) is 4.79 Å². The zero-order chi connectivity index (χ0) is 14.5. The minimum absolute atomic E-state index is 0.0506. The monoisotopic (exact) mass is 276 g/mol. The SMILES string of the molecule is CC(C)(C)c1ccc(C(=O)NC2(C#N)CC2(C)C)s1. The molecule has 1 heterocycles. The highest BCUT2D eigenvalue weighted by molar-refractivity contribution is 7.14. The summed E-state index contributed by atoms with van der Waals surface area (Å²) in [6.07, 6.45) is 0.722. The van der Waals surface area contributed by atoms with E-state index in [1.54, 1.807) is 0 Å². The zero-order valence-corrected chi connectivity index (χ0v) is 12.9. The van der Waals surface area contributed by atoms with Gasteiger partial charge in [-0.2, -0.15) is 5.26 Å². The lowest BCUT2D eigenvalue weighted by Crippen LogP contribution is -2.38. The molecule has 4 heteroatoms. The van der Waals surface area contributed by atoms with E-state index in [1.165, 1.54) is 16.2 Å². The summed E-state index contributed by atoms with van der Waals surface area (Å²) in [5.41, 5.74) is -0.757. The van der Waals surface area contributed by atoms with Crippen LogP contribution in [-0.4, -0.2) is 11.4 Å². The van der Waals surface area contributed by atoms with Crippen LogP contribution in [0.3, 0.4) is 0 Å². The normalized spacial score (nSPS) is 24.6. The van der Waals surface area contributed by atoms with Crippen LogP contribution >= 0.6 is 11.3 Å². The summed E-state index contributed by atoms with van der Waals surface area (Å²) in [6, 6.07) is 6.10. The molecule has 1 unspecified atom stereocenters. The van der Waals surface area contributed by atoms with Gasteiger partial charge in [0.2, 0.25) is 0 Å². The smallest absolute Gasteiger partial charge is 0.262 e. The zero-order valence-electron chi connectivity index (χ0n) is 12.1. The molecule has 0 spiro atoms. The number of nitrogens with one attached hydrogen (secondary N) is 1. The maximum atomic E-state index is 12.2. The van der Waals surface area contributed by atoms with E-state index in [0.717, 1.165) is 6.42 Å². The molecule has 19 heavy (non-hydrogen) atoms. The first-order valence-electron chi connectivity index (χ1n) is 6.45. The van der Waals surface area contributed by atoms with Crippen LogP contribution in [0.15, 0.2) is 12.1 Å². The van der Waals surface area contributed by atoms with Crippen LogP contribution in [0.5, 0.6) is 0 Å². The third-order valence-corrected chi connectivity index (χ3v) is 5.33. The Bertz CT molecular complexity index is 559. The van der Waals surface area contributed by atoms with Crippen molar-refractivity contribution in [1.29, 1.82) is 5.26 Å². The fourth-order valence-electron chi connectivity index (χ4n) is 2.17. The lowest BCUT2D eigenvalue weighted by atomic mass is 9.95. The van der Waals surface area contributed by atoms with Gasteiger partial charge in [0.05, 0.1) is 10.9 Å². The highest BCUT2D eigenvalue weighted by atomic mass is 32.1. The summed E-state index contributed by atoms with van der Waals surface area (Å²) in [7, 11) is 0. The fraction of sp³-hybridized carbons (Fsp3) is 0.600. The Morgan fingerprint density at radius 2 is 2.00 bits per heavy atom. The minimum Gasteiger partial charge on any atom is -0.333 e. The summed E-state index contributed by atoms with van der Waals surface area (Å²) >= 11 is 1.51. The van der Waals surface area contributed by atoms with E-state index in [1.807, 2.05) is 26.0 Å². The van der Waals surface area contributed by atoms with E-state index in [4.69, 9.17) is 0 Å². The van der Waals surface area contributed by atoms with E-state index in [-0.39, 0.29) is 16.7 Å². The van der Waals surface area contributed by atoms with Crippen LogP contribution < -0.4 is 5.32 Å². The van der Waals surface area contributed by atoms with Gasteiger partial charge in [-0.05, 0) is 24.0 Å². The van der Waals surface area contributed by atoms with Crippen molar-refractivity contribution in [3.63, 3.8) is 0 Å². The molecule has 1 amide bonds. The molecule has 1 aliphatic rings. The van der Waals surface area contributed by atoms with Gasteiger partial charge in [0.1, 0.15) is 5.54 Å². The summed E-state index contributed by atoms with van der Waals surface area (Å²) < 4.78 is 0. The number of hydrogen-bond donors (Lipinski definition) is 1.